The first-order valence-electron chi connectivity index (χ1n) is 10.7. The molecule has 1 aliphatic heterocycles. The van der Waals surface area contributed by atoms with Crippen LogP contribution in [0.1, 0.15) is 75.8 Å². The van der Waals surface area contributed by atoms with E-state index in [9.17, 15) is 9.90 Å². The van der Waals surface area contributed by atoms with Crippen LogP contribution in [0.4, 0.5) is 5.82 Å². The SMILES string of the molecule is O=C(NC1CCCCCC1)C1CCN(c2cc(C3CC(O)C3)ncn2)CC1. The smallest absolute Gasteiger partial charge is 0.223 e. The predicted octanol–water partition coefficient (Wildman–Crippen LogP) is 2.77. The third-order valence-corrected chi connectivity index (χ3v) is 6.60. The van der Waals surface area contributed by atoms with Crippen molar-refractivity contribution < 1.29 is 9.90 Å². The Balaban J connectivity index is 1.28. The molecule has 2 aliphatic carbocycles. The number of carbonyl (C=O) groups excluding carboxylic acids is 1. The van der Waals surface area contributed by atoms with Crippen molar-refractivity contribution in [2.24, 2.45) is 5.92 Å². The van der Waals surface area contributed by atoms with E-state index in [-0.39, 0.29) is 17.9 Å². The van der Waals surface area contributed by atoms with Gasteiger partial charge in [-0.15, -0.1) is 0 Å². The highest BCUT2D eigenvalue weighted by molar-refractivity contribution is 5.79. The van der Waals surface area contributed by atoms with Crippen LogP contribution in [-0.4, -0.2) is 46.2 Å². The Labute approximate surface area is 161 Å². The van der Waals surface area contributed by atoms with E-state index in [1.54, 1.807) is 6.33 Å². The second-order valence-electron chi connectivity index (χ2n) is 8.58. The van der Waals surface area contributed by atoms with Gasteiger partial charge in [-0.3, -0.25) is 4.79 Å². The lowest BCUT2D eigenvalue weighted by Crippen LogP contribution is -2.44. The molecule has 148 valence electrons. The summed E-state index contributed by atoms with van der Waals surface area (Å²) in [6.45, 7) is 1.74. The summed E-state index contributed by atoms with van der Waals surface area (Å²) in [4.78, 5) is 23.8. The highest BCUT2D eigenvalue weighted by atomic mass is 16.3. The molecule has 0 radical (unpaired) electrons. The minimum atomic E-state index is -0.170. The predicted molar refractivity (Wildman–Crippen MR) is 105 cm³/mol. The first-order chi connectivity index (χ1) is 13.2. The summed E-state index contributed by atoms with van der Waals surface area (Å²) in [5.41, 5.74) is 1.04. The minimum absolute atomic E-state index is 0.132. The number of hydrogen-bond acceptors (Lipinski definition) is 5. The number of aliphatic hydroxyl groups excluding tert-OH is 1. The molecule has 0 bridgehead atoms. The maximum Gasteiger partial charge on any atom is 0.223 e. The van der Waals surface area contributed by atoms with Crippen LogP contribution in [0.3, 0.4) is 0 Å². The summed E-state index contributed by atoms with van der Waals surface area (Å²) < 4.78 is 0. The van der Waals surface area contributed by atoms with Crippen LogP contribution in [0.25, 0.3) is 0 Å². The lowest BCUT2D eigenvalue weighted by Gasteiger charge is -2.34. The summed E-state index contributed by atoms with van der Waals surface area (Å²) >= 11 is 0. The Kier molecular flexibility index (Phi) is 5.91. The lowest BCUT2D eigenvalue weighted by atomic mass is 9.80. The molecule has 1 aromatic heterocycles. The summed E-state index contributed by atoms with van der Waals surface area (Å²) in [5.74, 6) is 1.72. The molecule has 1 saturated heterocycles. The average Bonchev–Trinajstić information content (AvgIpc) is 2.94. The normalized spacial score (nSPS) is 27.7. The van der Waals surface area contributed by atoms with Gasteiger partial charge in [0.25, 0.3) is 0 Å². The van der Waals surface area contributed by atoms with E-state index in [1.165, 1.54) is 25.7 Å². The fraction of sp³-hybridized carbons (Fsp3) is 0.762. The molecule has 6 nitrogen and oxygen atoms in total. The Morgan fingerprint density at radius 3 is 2.41 bits per heavy atom. The number of carbonyl (C=O) groups is 1. The fourth-order valence-electron chi connectivity index (χ4n) is 4.70. The molecule has 0 spiro atoms. The van der Waals surface area contributed by atoms with Gasteiger partial charge in [-0.25, -0.2) is 9.97 Å². The van der Waals surface area contributed by atoms with E-state index >= 15 is 0 Å². The number of piperidine rings is 1. The maximum absolute atomic E-state index is 12.7. The molecule has 3 aliphatic rings. The van der Waals surface area contributed by atoms with Gasteiger partial charge in [-0.2, -0.15) is 0 Å². The van der Waals surface area contributed by atoms with Gasteiger partial charge in [0.15, 0.2) is 0 Å². The van der Waals surface area contributed by atoms with Crippen LogP contribution in [0.15, 0.2) is 12.4 Å². The zero-order chi connectivity index (χ0) is 18.6. The van der Waals surface area contributed by atoms with Gasteiger partial charge >= 0.3 is 0 Å². The highest BCUT2D eigenvalue weighted by Gasteiger charge is 2.31. The van der Waals surface area contributed by atoms with Gasteiger partial charge < -0.3 is 15.3 Å². The molecular formula is C21H32N4O2. The van der Waals surface area contributed by atoms with E-state index < -0.39 is 0 Å². The third kappa shape index (κ3) is 4.60. The van der Waals surface area contributed by atoms with Gasteiger partial charge in [-0.05, 0) is 38.5 Å². The number of amides is 1. The molecule has 0 atom stereocenters. The van der Waals surface area contributed by atoms with Crippen molar-refractivity contribution in [3.63, 3.8) is 0 Å². The number of rotatable bonds is 4. The van der Waals surface area contributed by atoms with Crippen LogP contribution in [0.5, 0.6) is 0 Å². The Bertz CT molecular complexity index is 631. The first kappa shape index (κ1) is 18.7. The molecule has 0 aromatic carbocycles. The quantitative estimate of drug-likeness (QED) is 0.795. The van der Waals surface area contributed by atoms with E-state index in [0.717, 1.165) is 63.1 Å². The van der Waals surface area contributed by atoms with Crippen molar-refractivity contribution in [2.45, 2.75) is 82.3 Å². The molecule has 0 unspecified atom stereocenters. The molecule has 1 amide bonds. The largest absolute Gasteiger partial charge is 0.393 e. The Morgan fingerprint density at radius 1 is 1.04 bits per heavy atom. The number of nitrogens with zero attached hydrogens (tertiary/aromatic N) is 3. The minimum Gasteiger partial charge on any atom is -0.393 e. The van der Waals surface area contributed by atoms with Crippen LogP contribution in [-0.2, 0) is 4.79 Å². The van der Waals surface area contributed by atoms with Crippen LogP contribution in [0.2, 0.25) is 0 Å². The summed E-state index contributed by atoms with van der Waals surface area (Å²) in [7, 11) is 0. The fourth-order valence-corrected chi connectivity index (χ4v) is 4.70. The number of hydrogen-bond donors (Lipinski definition) is 2. The molecule has 2 heterocycles. The molecule has 27 heavy (non-hydrogen) atoms. The second-order valence-corrected chi connectivity index (χ2v) is 8.58. The summed E-state index contributed by atoms with van der Waals surface area (Å²) in [6, 6.07) is 2.46. The van der Waals surface area contributed by atoms with Gasteiger partial charge in [0.2, 0.25) is 5.91 Å². The molecule has 1 aromatic rings. The molecule has 2 saturated carbocycles. The van der Waals surface area contributed by atoms with Crippen LogP contribution in [0, 0.1) is 5.92 Å². The molecule has 3 fully saturated rings. The van der Waals surface area contributed by atoms with Crippen molar-refractivity contribution in [1.82, 2.24) is 15.3 Å². The summed E-state index contributed by atoms with van der Waals surface area (Å²) in [5, 5.41) is 12.8. The Hall–Kier alpha value is -1.69. The number of anilines is 1. The molecule has 2 N–H and O–H groups in total. The maximum atomic E-state index is 12.7. The van der Waals surface area contributed by atoms with E-state index in [4.69, 9.17) is 0 Å². The number of aromatic nitrogens is 2. The monoisotopic (exact) mass is 372 g/mol. The van der Waals surface area contributed by atoms with Crippen molar-refractivity contribution >= 4 is 11.7 Å². The third-order valence-electron chi connectivity index (χ3n) is 6.60. The molecular weight excluding hydrogens is 340 g/mol. The first-order valence-corrected chi connectivity index (χ1v) is 10.7. The zero-order valence-electron chi connectivity index (χ0n) is 16.1. The van der Waals surface area contributed by atoms with Gasteiger partial charge in [0, 0.05) is 42.7 Å². The average molecular weight is 373 g/mol. The molecule has 4 rings (SSSR count). The van der Waals surface area contributed by atoms with Crippen LogP contribution < -0.4 is 10.2 Å². The topological polar surface area (TPSA) is 78.4 Å². The van der Waals surface area contributed by atoms with Crippen molar-refractivity contribution in [2.75, 3.05) is 18.0 Å². The second kappa shape index (κ2) is 8.55. The van der Waals surface area contributed by atoms with E-state index in [1.807, 2.05) is 0 Å². The van der Waals surface area contributed by atoms with E-state index in [2.05, 4.69) is 26.3 Å². The molecule has 6 heteroatoms. The zero-order valence-corrected chi connectivity index (χ0v) is 16.1. The van der Waals surface area contributed by atoms with E-state index in [0.29, 0.717) is 12.0 Å². The van der Waals surface area contributed by atoms with Crippen molar-refractivity contribution in [3.05, 3.63) is 18.1 Å². The van der Waals surface area contributed by atoms with Crippen molar-refractivity contribution in [3.8, 4) is 0 Å². The summed E-state index contributed by atoms with van der Waals surface area (Å²) in [6.07, 6.45) is 12.3. The lowest BCUT2D eigenvalue weighted by molar-refractivity contribution is -0.126. The number of nitrogens with one attached hydrogen (secondary N) is 1. The van der Waals surface area contributed by atoms with Crippen LogP contribution >= 0.6 is 0 Å². The van der Waals surface area contributed by atoms with Gasteiger partial charge in [0.1, 0.15) is 12.1 Å². The van der Waals surface area contributed by atoms with Gasteiger partial charge in [0.05, 0.1) is 6.10 Å². The number of aliphatic hydroxyl groups is 1. The highest BCUT2D eigenvalue weighted by Crippen LogP contribution is 2.36. The Morgan fingerprint density at radius 2 is 1.74 bits per heavy atom. The standard InChI is InChI=1S/C21H32N4O2/c26-18-11-16(12-18)19-13-20(23-14-22-19)25-9-7-15(8-10-25)21(27)24-17-5-3-1-2-4-6-17/h13-18,26H,1-12H2,(H,24,27). The van der Waals surface area contributed by atoms with Gasteiger partial charge in [-0.1, -0.05) is 25.7 Å². The van der Waals surface area contributed by atoms with Crippen molar-refractivity contribution in [1.29, 1.82) is 0 Å².